The summed E-state index contributed by atoms with van der Waals surface area (Å²) in [4.78, 5) is 42.0. The molecule has 2 aromatic rings. The zero-order valence-electron chi connectivity index (χ0n) is 12.9. The number of para-hydroxylation sites is 1. The molecule has 122 valence electrons. The summed E-state index contributed by atoms with van der Waals surface area (Å²) >= 11 is 0.875. The van der Waals surface area contributed by atoms with Gasteiger partial charge in [-0.25, -0.2) is 9.88 Å². The molecule has 2 heterocycles. The molecule has 1 aliphatic heterocycles. The summed E-state index contributed by atoms with van der Waals surface area (Å²) in [7, 11) is 0. The highest BCUT2D eigenvalue weighted by Gasteiger charge is 2.41. The minimum absolute atomic E-state index is 0.0752. The van der Waals surface area contributed by atoms with Crippen molar-refractivity contribution in [2.75, 3.05) is 10.2 Å². The largest absolute Gasteiger partial charge is 0.311 e. The molecule has 24 heavy (non-hydrogen) atoms. The van der Waals surface area contributed by atoms with Crippen molar-refractivity contribution < 1.29 is 14.4 Å². The summed E-state index contributed by atoms with van der Waals surface area (Å²) in [5.74, 6) is -0.285. The summed E-state index contributed by atoms with van der Waals surface area (Å²) in [6.07, 6.45) is -0.0752. The number of carbonyl (C=O) groups is 3. The zero-order valence-corrected chi connectivity index (χ0v) is 13.7. The number of aryl methyl sites for hydroxylation is 1. The van der Waals surface area contributed by atoms with E-state index in [1.807, 2.05) is 13.0 Å². The van der Waals surface area contributed by atoms with Crippen LogP contribution in [0.3, 0.4) is 0 Å². The Morgan fingerprint density at radius 1 is 1.17 bits per heavy atom. The van der Waals surface area contributed by atoms with Crippen molar-refractivity contribution in [3.05, 3.63) is 54.2 Å². The van der Waals surface area contributed by atoms with Crippen LogP contribution in [0.2, 0.25) is 0 Å². The Hall–Kier alpha value is -2.67. The first-order valence-corrected chi connectivity index (χ1v) is 8.26. The fourth-order valence-electron chi connectivity index (χ4n) is 2.37. The Labute approximate surface area is 143 Å². The third-order valence-electron chi connectivity index (χ3n) is 3.46. The van der Waals surface area contributed by atoms with Crippen molar-refractivity contribution in [1.82, 2.24) is 4.98 Å². The third-order valence-corrected chi connectivity index (χ3v) is 4.50. The molecule has 0 spiro atoms. The number of nitrogens with one attached hydrogen (secondary N) is 1. The summed E-state index contributed by atoms with van der Waals surface area (Å²) in [6, 6.07) is 14.0. The maximum atomic E-state index is 12.4. The highest BCUT2D eigenvalue weighted by atomic mass is 32.2. The number of anilines is 2. The number of hydrogen-bond acceptors (Lipinski definition) is 5. The standard InChI is InChI=1S/C17H15N3O3S/c1-11-6-5-9-14(18-11)19-15(21)10-13-16(22)20(17(23)24-13)12-7-3-2-4-8-12/h2-9,13H,10H2,1H3,(H,18,19,21)/t13-/m0/s1. The van der Waals surface area contributed by atoms with Crippen LogP contribution in [0.25, 0.3) is 0 Å². The van der Waals surface area contributed by atoms with Crippen molar-refractivity contribution in [1.29, 1.82) is 0 Å². The van der Waals surface area contributed by atoms with Gasteiger partial charge in [-0.1, -0.05) is 24.3 Å². The number of imide groups is 1. The molecule has 6 nitrogen and oxygen atoms in total. The average Bonchev–Trinajstić information content (AvgIpc) is 2.82. The number of aromatic nitrogens is 1. The average molecular weight is 341 g/mol. The Balaban J connectivity index is 1.67. The fourth-order valence-corrected chi connectivity index (χ4v) is 3.36. The van der Waals surface area contributed by atoms with E-state index in [1.165, 1.54) is 0 Å². The molecule has 1 N–H and O–H groups in total. The summed E-state index contributed by atoms with van der Waals surface area (Å²) in [5.41, 5.74) is 1.30. The second-order valence-corrected chi connectivity index (χ2v) is 6.45. The summed E-state index contributed by atoms with van der Waals surface area (Å²) in [5, 5.41) is 1.57. The molecule has 7 heteroatoms. The molecule has 0 saturated carbocycles. The normalized spacial score (nSPS) is 17.2. The Morgan fingerprint density at radius 2 is 1.92 bits per heavy atom. The van der Waals surface area contributed by atoms with Gasteiger partial charge in [0.25, 0.3) is 5.24 Å². The van der Waals surface area contributed by atoms with Crippen LogP contribution in [-0.4, -0.2) is 27.3 Å². The van der Waals surface area contributed by atoms with Crippen LogP contribution in [0, 0.1) is 6.92 Å². The topological polar surface area (TPSA) is 79.4 Å². The van der Waals surface area contributed by atoms with Gasteiger partial charge < -0.3 is 5.32 Å². The van der Waals surface area contributed by atoms with Crippen LogP contribution in [-0.2, 0) is 9.59 Å². The zero-order chi connectivity index (χ0) is 17.1. The number of thioether (sulfide) groups is 1. The minimum Gasteiger partial charge on any atom is -0.311 e. The highest BCUT2D eigenvalue weighted by Crippen LogP contribution is 2.33. The lowest BCUT2D eigenvalue weighted by Crippen LogP contribution is -2.32. The quantitative estimate of drug-likeness (QED) is 0.925. The molecular formula is C17H15N3O3S. The number of benzene rings is 1. The van der Waals surface area contributed by atoms with Crippen molar-refractivity contribution in [2.45, 2.75) is 18.6 Å². The van der Waals surface area contributed by atoms with Crippen molar-refractivity contribution in [3.8, 4) is 0 Å². The van der Waals surface area contributed by atoms with E-state index in [1.54, 1.807) is 42.5 Å². The lowest BCUT2D eigenvalue weighted by atomic mass is 10.2. The minimum atomic E-state index is -0.720. The van der Waals surface area contributed by atoms with E-state index < -0.39 is 5.25 Å². The Bertz CT molecular complexity index is 795. The molecule has 0 unspecified atom stereocenters. The number of hydrogen-bond donors (Lipinski definition) is 1. The van der Waals surface area contributed by atoms with Gasteiger partial charge in [0.2, 0.25) is 11.8 Å². The molecule has 1 atom stereocenters. The first-order chi connectivity index (χ1) is 11.5. The van der Waals surface area contributed by atoms with E-state index in [-0.39, 0.29) is 23.5 Å². The second-order valence-electron chi connectivity index (χ2n) is 5.30. The van der Waals surface area contributed by atoms with Crippen molar-refractivity contribution in [3.63, 3.8) is 0 Å². The first-order valence-electron chi connectivity index (χ1n) is 7.38. The predicted molar refractivity (Wildman–Crippen MR) is 92.9 cm³/mol. The molecule has 0 bridgehead atoms. The highest BCUT2D eigenvalue weighted by molar-refractivity contribution is 8.15. The van der Waals surface area contributed by atoms with E-state index in [4.69, 9.17) is 0 Å². The third kappa shape index (κ3) is 3.46. The van der Waals surface area contributed by atoms with Gasteiger partial charge in [0.15, 0.2) is 0 Å². The molecule has 1 aromatic carbocycles. The first kappa shape index (κ1) is 16.2. The Kier molecular flexibility index (Phi) is 4.61. The maximum absolute atomic E-state index is 12.4. The summed E-state index contributed by atoms with van der Waals surface area (Å²) in [6.45, 7) is 1.82. The molecule has 0 radical (unpaired) electrons. The van der Waals surface area contributed by atoms with Gasteiger partial charge in [-0.15, -0.1) is 0 Å². The van der Waals surface area contributed by atoms with E-state index >= 15 is 0 Å². The molecule has 1 aliphatic rings. The number of nitrogens with zero attached hydrogens (tertiary/aromatic N) is 2. The van der Waals surface area contributed by atoms with Crippen molar-refractivity contribution >= 4 is 40.3 Å². The van der Waals surface area contributed by atoms with E-state index in [9.17, 15) is 14.4 Å². The van der Waals surface area contributed by atoms with Crippen molar-refractivity contribution in [2.24, 2.45) is 0 Å². The smallest absolute Gasteiger partial charge is 0.293 e. The van der Waals surface area contributed by atoms with Gasteiger partial charge in [-0.2, -0.15) is 0 Å². The molecular weight excluding hydrogens is 326 g/mol. The van der Waals surface area contributed by atoms with Gasteiger partial charge in [0.05, 0.1) is 5.69 Å². The van der Waals surface area contributed by atoms with Crippen LogP contribution >= 0.6 is 11.8 Å². The van der Waals surface area contributed by atoms with Gasteiger partial charge in [0, 0.05) is 12.1 Å². The van der Waals surface area contributed by atoms with E-state index in [0.717, 1.165) is 22.4 Å². The van der Waals surface area contributed by atoms with Crippen LogP contribution in [0.1, 0.15) is 12.1 Å². The number of carbonyl (C=O) groups excluding carboxylic acids is 3. The SMILES string of the molecule is Cc1cccc(NC(=O)C[C@@H]2SC(=O)N(c3ccccc3)C2=O)n1. The van der Waals surface area contributed by atoms with Gasteiger partial charge in [-0.3, -0.25) is 14.4 Å². The molecule has 1 saturated heterocycles. The fraction of sp³-hybridized carbons (Fsp3) is 0.176. The van der Waals surface area contributed by atoms with Crippen LogP contribution in [0.4, 0.5) is 16.3 Å². The molecule has 3 rings (SSSR count). The molecule has 0 aliphatic carbocycles. The van der Waals surface area contributed by atoms with E-state index in [2.05, 4.69) is 10.3 Å². The lowest BCUT2D eigenvalue weighted by Gasteiger charge is -2.13. The number of amides is 3. The van der Waals surface area contributed by atoms with Crippen LogP contribution in [0.15, 0.2) is 48.5 Å². The molecule has 1 fully saturated rings. The van der Waals surface area contributed by atoms with Crippen LogP contribution < -0.4 is 10.2 Å². The van der Waals surface area contributed by atoms with Gasteiger partial charge >= 0.3 is 0 Å². The number of rotatable bonds is 4. The summed E-state index contributed by atoms with van der Waals surface area (Å²) < 4.78 is 0. The van der Waals surface area contributed by atoms with Gasteiger partial charge in [-0.05, 0) is 43.0 Å². The maximum Gasteiger partial charge on any atom is 0.293 e. The second kappa shape index (κ2) is 6.84. The Morgan fingerprint density at radius 3 is 2.62 bits per heavy atom. The van der Waals surface area contributed by atoms with Gasteiger partial charge in [0.1, 0.15) is 11.1 Å². The monoisotopic (exact) mass is 341 g/mol. The lowest BCUT2D eigenvalue weighted by molar-refractivity contribution is -0.121. The molecule has 1 aromatic heterocycles. The molecule has 3 amide bonds. The van der Waals surface area contributed by atoms with E-state index in [0.29, 0.717) is 11.5 Å². The number of pyridine rings is 1. The van der Waals surface area contributed by atoms with Crippen LogP contribution in [0.5, 0.6) is 0 Å². The predicted octanol–water partition coefficient (Wildman–Crippen LogP) is 2.99.